The summed E-state index contributed by atoms with van der Waals surface area (Å²) in [5.74, 6) is 0. The van der Waals surface area contributed by atoms with E-state index in [9.17, 15) is 46.0 Å². The molecule has 0 amide bonds. The second-order valence-electron chi connectivity index (χ2n) is 7.88. The molecule has 3 aliphatic rings. The van der Waals surface area contributed by atoms with Crippen molar-refractivity contribution in [3.63, 3.8) is 0 Å². The molecule has 0 saturated carbocycles. The number of ether oxygens (including phenoxy) is 5. The van der Waals surface area contributed by atoms with E-state index in [2.05, 4.69) is 0 Å². The van der Waals surface area contributed by atoms with Gasteiger partial charge in [-0.2, -0.15) is 0 Å². The van der Waals surface area contributed by atoms with Crippen molar-refractivity contribution in [2.45, 2.75) is 86.0 Å². The molecule has 15 nitrogen and oxygen atoms in total. The average Bonchev–Trinajstić information content (AvgIpc) is 3.05. The van der Waals surface area contributed by atoms with Crippen molar-refractivity contribution >= 4 is 0 Å². The third kappa shape index (κ3) is 5.07. The molecular weight excluding hydrogens is 444 g/mol. The summed E-state index contributed by atoms with van der Waals surface area (Å²) in [5.41, 5.74) is 0. The standard InChI is InChI=1S/C17H30O15/c18-1-4-7(20)10(23)12(25)16(30-4)28-3-6-9(22)14(13(26)15(27)29-6)32-17-11(24)8(21)5(2-19)31-17/h4-27H,1-3H2/t4-,5+,6-,7-,8-,9-,10+,11-,12+,13+,14+,15+,16+,17+/m1/s1. The van der Waals surface area contributed by atoms with Gasteiger partial charge in [0.25, 0.3) is 0 Å². The molecule has 0 aromatic rings. The van der Waals surface area contributed by atoms with Gasteiger partial charge >= 0.3 is 0 Å². The van der Waals surface area contributed by atoms with E-state index in [0.29, 0.717) is 0 Å². The van der Waals surface area contributed by atoms with Gasteiger partial charge in [-0.15, -0.1) is 0 Å². The lowest BCUT2D eigenvalue weighted by molar-refractivity contribution is -0.339. The molecule has 3 heterocycles. The zero-order chi connectivity index (χ0) is 23.7. The summed E-state index contributed by atoms with van der Waals surface area (Å²) < 4.78 is 26.0. The molecular formula is C17H30O15. The first-order chi connectivity index (χ1) is 15.1. The topological polar surface area (TPSA) is 248 Å². The van der Waals surface area contributed by atoms with Crippen molar-refractivity contribution < 1.29 is 74.7 Å². The van der Waals surface area contributed by atoms with Crippen molar-refractivity contribution in [2.24, 2.45) is 0 Å². The molecule has 0 aromatic heterocycles. The Morgan fingerprint density at radius 3 is 1.66 bits per heavy atom. The zero-order valence-electron chi connectivity index (χ0n) is 16.7. The lowest BCUT2D eigenvalue weighted by atomic mass is 9.98. The van der Waals surface area contributed by atoms with Gasteiger partial charge in [0.1, 0.15) is 67.1 Å². The van der Waals surface area contributed by atoms with E-state index < -0.39 is 106 Å². The maximum absolute atomic E-state index is 10.6. The Labute approximate surface area is 181 Å². The van der Waals surface area contributed by atoms with E-state index in [1.807, 2.05) is 0 Å². The highest BCUT2D eigenvalue weighted by atomic mass is 16.7. The molecule has 15 heteroatoms. The van der Waals surface area contributed by atoms with Gasteiger partial charge in [-0.25, -0.2) is 0 Å². The summed E-state index contributed by atoms with van der Waals surface area (Å²) in [5, 5.41) is 98.4. The molecule has 0 unspecified atom stereocenters. The summed E-state index contributed by atoms with van der Waals surface area (Å²) in [7, 11) is 0. The fourth-order valence-corrected chi connectivity index (χ4v) is 3.74. The first-order valence-corrected chi connectivity index (χ1v) is 10.00. The number of hydrogen-bond donors (Lipinski definition) is 10. The van der Waals surface area contributed by atoms with Crippen LogP contribution in [0.25, 0.3) is 0 Å². The van der Waals surface area contributed by atoms with Crippen LogP contribution in [-0.4, -0.2) is 157 Å². The Balaban J connectivity index is 1.63. The molecule has 3 saturated heterocycles. The molecule has 0 radical (unpaired) electrons. The zero-order valence-corrected chi connectivity index (χ0v) is 16.7. The molecule has 3 aliphatic heterocycles. The van der Waals surface area contributed by atoms with E-state index in [1.54, 1.807) is 0 Å². The van der Waals surface area contributed by atoms with Gasteiger partial charge in [0, 0.05) is 0 Å². The fourth-order valence-electron chi connectivity index (χ4n) is 3.74. The highest BCUT2D eigenvalue weighted by Gasteiger charge is 2.51. The van der Waals surface area contributed by atoms with Crippen LogP contribution in [0.15, 0.2) is 0 Å². The third-order valence-corrected chi connectivity index (χ3v) is 5.72. The molecule has 32 heavy (non-hydrogen) atoms. The molecule has 0 bridgehead atoms. The Kier molecular flexibility index (Phi) is 8.75. The normalized spacial score (nSPS) is 52.3. The molecule has 0 aromatic carbocycles. The second-order valence-corrected chi connectivity index (χ2v) is 7.88. The highest BCUT2D eigenvalue weighted by Crippen LogP contribution is 2.30. The molecule has 10 N–H and O–H groups in total. The van der Waals surface area contributed by atoms with Crippen LogP contribution in [0.5, 0.6) is 0 Å². The summed E-state index contributed by atoms with van der Waals surface area (Å²) in [6.07, 6.45) is -21.9. The van der Waals surface area contributed by atoms with Gasteiger partial charge < -0.3 is 74.7 Å². The largest absolute Gasteiger partial charge is 0.394 e. The van der Waals surface area contributed by atoms with Gasteiger partial charge in [-0.05, 0) is 0 Å². The van der Waals surface area contributed by atoms with Crippen LogP contribution >= 0.6 is 0 Å². The summed E-state index contributed by atoms with van der Waals surface area (Å²) in [4.78, 5) is 0. The lowest BCUT2D eigenvalue weighted by Crippen LogP contribution is -2.62. The first-order valence-electron chi connectivity index (χ1n) is 10.00. The molecule has 0 spiro atoms. The van der Waals surface area contributed by atoms with Crippen LogP contribution in [0.4, 0.5) is 0 Å². The second kappa shape index (κ2) is 10.8. The first kappa shape index (κ1) is 26.0. The predicted molar refractivity (Wildman–Crippen MR) is 95.2 cm³/mol. The van der Waals surface area contributed by atoms with Crippen LogP contribution in [0.2, 0.25) is 0 Å². The average molecular weight is 474 g/mol. The van der Waals surface area contributed by atoms with Crippen molar-refractivity contribution in [1.82, 2.24) is 0 Å². The Bertz CT molecular complexity index is 594. The van der Waals surface area contributed by atoms with E-state index in [1.165, 1.54) is 0 Å². The Morgan fingerprint density at radius 1 is 0.531 bits per heavy atom. The number of aliphatic hydroxyl groups is 10. The van der Waals surface area contributed by atoms with Gasteiger partial charge in [0.2, 0.25) is 0 Å². The number of aliphatic hydroxyl groups excluding tert-OH is 10. The maximum Gasteiger partial charge on any atom is 0.187 e. The maximum atomic E-state index is 10.6. The van der Waals surface area contributed by atoms with Crippen LogP contribution < -0.4 is 0 Å². The molecule has 0 aliphatic carbocycles. The van der Waals surface area contributed by atoms with E-state index in [-0.39, 0.29) is 0 Å². The van der Waals surface area contributed by atoms with Crippen molar-refractivity contribution in [3.05, 3.63) is 0 Å². The van der Waals surface area contributed by atoms with Gasteiger partial charge in [0.05, 0.1) is 19.8 Å². The number of rotatable bonds is 7. The van der Waals surface area contributed by atoms with Crippen molar-refractivity contribution in [2.75, 3.05) is 19.8 Å². The minimum absolute atomic E-state index is 0.566. The van der Waals surface area contributed by atoms with Gasteiger partial charge in [-0.1, -0.05) is 0 Å². The van der Waals surface area contributed by atoms with E-state index >= 15 is 0 Å². The predicted octanol–water partition coefficient (Wildman–Crippen LogP) is -6.93. The molecule has 188 valence electrons. The minimum Gasteiger partial charge on any atom is -0.394 e. The summed E-state index contributed by atoms with van der Waals surface area (Å²) in [6.45, 7) is -1.88. The highest BCUT2D eigenvalue weighted by molar-refractivity contribution is 4.94. The smallest absolute Gasteiger partial charge is 0.187 e. The van der Waals surface area contributed by atoms with Gasteiger partial charge in [-0.3, -0.25) is 0 Å². The van der Waals surface area contributed by atoms with Crippen molar-refractivity contribution in [1.29, 1.82) is 0 Å². The van der Waals surface area contributed by atoms with Crippen LogP contribution in [0.3, 0.4) is 0 Å². The lowest BCUT2D eigenvalue weighted by Gasteiger charge is -2.43. The molecule has 3 fully saturated rings. The summed E-state index contributed by atoms with van der Waals surface area (Å²) in [6, 6.07) is 0. The van der Waals surface area contributed by atoms with E-state index in [4.69, 9.17) is 28.8 Å². The SMILES string of the molecule is OC[C@@H]1O[C@@H](O[C@@H]2[C@H](O)[C@@H](O)O[C@H](CO[C@H]3O[C@H](CO)[C@@H](O)[C@H](O)[C@@H]3O)[C@H]2O)[C@H](O)[C@@H]1O. The van der Waals surface area contributed by atoms with Crippen LogP contribution in [0, 0.1) is 0 Å². The van der Waals surface area contributed by atoms with Crippen molar-refractivity contribution in [3.8, 4) is 0 Å². The van der Waals surface area contributed by atoms with Crippen LogP contribution in [-0.2, 0) is 23.7 Å². The summed E-state index contributed by atoms with van der Waals surface area (Å²) >= 11 is 0. The van der Waals surface area contributed by atoms with Gasteiger partial charge in [0.15, 0.2) is 18.9 Å². The van der Waals surface area contributed by atoms with E-state index in [0.717, 1.165) is 0 Å². The number of hydrogen-bond acceptors (Lipinski definition) is 15. The molecule has 3 rings (SSSR count). The fraction of sp³-hybridized carbons (Fsp3) is 1.00. The minimum atomic E-state index is -1.87. The third-order valence-electron chi connectivity index (χ3n) is 5.72. The van der Waals surface area contributed by atoms with Crippen LogP contribution in [0.1, 0.15) is 0 Å². The quantitative estimate of drug-likeness (QED) is 0.165. The Hall–Kier alpha value is -0.600. The monoisotopic (exact) mass is 474 g/mol. The Morgan fingerprint density at radius 2 is 1.06 bits per heavy atom. The molecule has 14 atom stereocenters.